The summed E-state index contributed by atoms with van der Waals surface area (Å²) in [6.07, 6.45) is 0.675. The van der Waals surface area contributed by atoms with Gasteiger partial charge in [-0.2, -0.15) is 0 Å². The Kier molecular flexibility index (Phi) is 5.68. The fourth-order valence-corrected chi connectivity index (χ4v) is 1.48. The highest BCUT2D eigenvalue weighted by Crippen LogP contribution is 2.16. The van der Waals surface area contributed by atoms with Gasteiger partial charge in [-0.15, -0.1) is 0 Å². The highest BCUT2D eigenvalue weighted by atomic mass is 35.5. The lowest BCUT2D eigenvalue weighted by molar-refractivity contribution is -0.122. The zero-order valence-corrected chi connectivity index (χ0v) is 11.1. The summed E-state index contributed by atoms with van der Waals surface area (Å²) in [5.41, 5.74) is 0.549. The van der Waals surface area contributed by atoms with E-state index >= 15 is 0 Å². The van der Waals surface area contributed by atoms with E-state index in [0.717, 1.165) is 6.08 Å². The number of hydrogen-bond acceptors (Lipinski definition) is 3. The maximum atomic E-state index is 11.5. The fraction of sp³-hybridized carbons (Fsp3) is 0.167. The van der Waals surface area contributed by atoms with Crippen LogP contribution in [-0.4, -0.2) is 18.8 Å². The van der Waals surface area contributed by atoms with Gasteiger partial charge in [0.15, 0.2) is 5.78 Å². The molecule has 0 aliphatic rings. The maximum absolute atomic E-state index is 11.5. The average molecular weight is 288 g/mol. The number of methoxy groups -OCH3 is 1. The average Bonchev–Trinajstić information content (AvgIpc) is 2.27. The largest absolute Gasteiger partial charge is 0.497 e. The molecule has 1 amide bonds. The number of amides is 1. The molecule has 1 aromatic carbocycles. The minimum atomic E-state index is -0.463. The molecule has 1 N–H and O–H groups in total. The van der Waals surface area contributed by atoms with Crippen molar-refractivity contribution in [3.8, 4) is 5.75 Å². The van der Waals surface area contributed by atoms with E-state index in [1.165, 1.54) is 7.11 Å². The van der Waals surface area contributed by atoms with Gasteiger partial charge >= 0.3 is 0 Å². The van der Waals surface area contributed by atoms with Gasteiger partial charge in [0.05, 0.1) is 13.5 Å². The second-order valence-corrected chi connectivity index (χ2v) is 4.37. The summed E-state index contributed by atoms with van der Waals surface area (Å²) < 4.78 is 4.84. The van der Waals surface area contributed by atoms with Crippen LogP contribution in [0.5, 0.6) is 5.75 Å². The van der Waals surface area contributed by atoms with Crippen molar-refractivity contribution in [3.05, 3.63) is 34.8 Å². The summed E-state index contributed by atoms with van der Waals surface area (Å²) in [6, 6.07) is 6.81. The highest BCUT2D eigenvalue weighted by Gasteiger charge is 2.08. The zero-order valence-electron chi connectivity index (χ0n) is 9.57. The minimum absolute atomic E-state index is 0.172. The molecule has 0 aliphatic carbocycles. The molecule has 0 heterocycles. The monoisotopic (exact) mass is 287 g/mol. The van der Waals surface area contributed by atoms with Crippen LogP contribution in [0.15, 0.2) is 34.8 Å². The molecule has 0 fully saturated rings. The molecule has 0 saturated carbocycles. The molecule has 0 saturated heterocycles. The van der Waals surface area contributed by atoms with Crippen molar-refractivity contribution in [2.24, 2.45) is 0 Å². The predicted octanol–water partition coefficient (Wildman–Crippen LogP) is 2.91. The van der Waals surface area contributed by atoms with Crippen molar-refractivity contribution in [3.63, 3.8) is 0 Å². The van der Waals surface area contributed by atoms with Crippen LogP contribution in [0.1, 0.15) is 6.42 Å². The Balaban J connectivity index is 2.59. The predicted molar refractivity (Wildman–Crippen MR) is 71.0 cm³/mol. The normalized spacial score (nSPS) is 9.50. The van der Waals surface area contributed by atoms with E-state index < -0.39 is 11.7 Å². The Labute approximate surface area is 115 Å². The van der Waals surface area contributed by atoms with Crippen molar-refractivity contribution >= 4 is 40.6 Å². The lowest BCUT2D eigenvalue weighted by Gasteiger charge is -2.05. The van der Waals surface area contributed by atoms with Gasteiger partial charge in [-0.05, 0) is 12.1 Å². The van der Waals surface area contributed by atoms with Gasteiger partial charge in [-0.1, -0.05) is 29.3 Å². The van der Waals surface area contributed by atoms with E-state index in [1.807, 2.05) is 0 Å². The molecule has 0 bridgehead atoms. The fourth-order valence-electron chi connectivity index (χ4n) is 1.24. The zero-order chi connectivity index (χ0) is 13.5. The first kappa shape index (κ1) is 14.5. The minimum Gasteiger partial charge on any atom is -0.497 e. The summed E-state index contributed by atoms with van der Waals surface area (Å²) in [5.74, 6) is -0.294. The molecule has 96 valence electrons. The number of rotatable bonds is 5. The number of anilines is 1. The number of hydrogen-bond donors (Lipinski definition) is 1. The highest BCUT2D eigenvalue weighted by molar-refractivity contribution is 6.56. The van der Waals surface area contributed by atoms with Crippen molar-refractivity contribution in [2.45, 2.75) is 6.42 Å². The van der Waals surface area contributed by atoms with Crippen molar-refractivity contribution < 1.29 is 14.3 Å². The third kappa shape index (κ3) is 5.21. The van der Waals surface area contributed by atoms with Gasteiger partial charge in [-0.25, -0.2) is 0 Å². The van der Waals surface area contributed by atoms with Crippen molar-refractivity contribution in [1.82, 2.24) is 0 Å². The summed E-state index contributed by atoms with van der Waals surface area (Å²) in [6.45, 7) is 0. The first-order valence-electron chi connectivity index (χ1n) is 5.00. The van der Waals surface area contributed by atoms with E-state index in [2.05, 4.69) is 5.32 Å². The van der Waals surface area contributed by atoms with Gasteiger partial charge in [0.2, 0.25) is 5.91 Å². The number of carbonyl (C=O) groups excluding carboxylic acids is 2. The number of nitrogens with one attached hydrogen (secondary N) is 1. The molecule has 6 heteroatoms. The summed E-state index contributed by atoms with van der Waals surface area (Å²) in [4.78, 5) is 22.8. The Morgan fingerprint density at radius 3 is 2.72 bits per heavy atom. The molecule has 0 atom stereocenters. The molecular formula is C12H11Cl2NO3. The number of carbonyl (C=O) groups is 2. The van der Waals surface area contributed by atoms with Gasteiger partial charge < -0.3 is 10.1 Å². The smallest absolute Gasteiger partial charge is 0.232 e. The summed E-state index contributed by atoms with van der Waals surface area (Å²) in [5, 5.41) is 2.57. The van der Waals surface area contributed by atoms with E-state index in [0.29, 0.717) is 11.4 Å². The van der Waals surface area contributed by atoms with Crippen LogP contribution in [-0.2, 0) is 9.59 Å². The van der Waals surface area contributed by atoms with Gasteiger partial charge in [-0.3, -0.25) is 9.59 Å². The second-order valence-electron chi connectivity index (χ2n) is 3.36. The van der Waals surface area contributed by atoms with Crippen LogP contribution in [0.4, 0.5) is 5.69 Å². The third-order valence-corrected chi connectivity index (χ3v) is 2.18. The van der Waals surface area contributed by atoms with Crippen LogP contribution < -0.4 is 10.1 Å². The number of ether oxygens (including phenoxy) is 1. The molecule has 0 unspecified atom stereocenters. The van der Waals surface area contributed by atoms with Crippen molar-refractivity contribution in [2.75, 3.05) is 12.4 Å². The Morgan fingerprint density at radius 2 is 2.11 bits per heavy atom. The van der Waals surface area contributed by atoms with Gasteiger partial charge in [0.1, 0.15) is 10.2 Å². The Morgan fingerprint density at radius 1 is 1.39 bits per heavy atom. The first-order chi connectivity index (χ1) is 8.51. The standard InChI is InChI=1S/C12H11Cl2NO3/c1-18-10-4-2-3-8(5-10)15-12(17)7-9(16)6-11(13)14/h2-6H,7H2,1H3,(H,15,17). The first-order valence-corrected chi connectivity index (χ1v) is 5.76. The number of ketones is 1. The van der Waals surface area contributed by atoms with E-state index in [-0.39, 0.29) is 10.9 Å². The third-order valence-electron chi connectivity index (χ3n) is 1.96. The Hall–Kier alpha value is -1.52. The maximum Gasteiger partial charge on any atom is 0.232 e. The van der Waals surface area contributed by atoms with Crippen LogP contribution in [0.2, 0.25) is 0 Å². The molecule has 0 spiro atoms. The molecule has 0 radical (unpaired) electrons. The quantitative estimate of drug-likeness (QED) is 0.669. The number of allylic oxidation sites excluding steroid dienone is 1. The van der Waals surface area contributed by atoms with Gasteiger partial charge in [0.25, 0.3) is 0 Å². The molecule has 1 aromatic rings. The Bertz CT molecular complexity index is 482. The summed E-state index contributed by atoms with van der Waals surface area (Å²) in [7, 11) is 1.53. The SMILES string of the molecule is COc1cccc(NC(=O)CC(=O)C=C(Cl)Cl)c1. The second kappa shape index (κ2) is 7.03. The van der Waals surface area contributed by atoms with E-state index in [9.17, 15) is 9.59 Å². The number of benzene rings is 1. The molecular weight excluding hydrogens is 277 g/mol. The molecule has 0 aromatic heterocycles. The van der Waals surface area contributed by atoms with Crippen LogP contribution in [0.25, 0.3) is 0 Å². The molecule has 4 nitrogen and oxygen atoms in total. The van der Waals surface area contributed by atoms with Crippen LogP contribution in [0.3, 0.4) is 0 Å². The lowest BCUT2D eigenvalue weighted by Crippen LogP contribution is -2.15. The number of halogens is 2. The molecule has 1 rings (SSSR count). The molecule has 18 heavy (non-hydrogen) atoms. The molecule has 0 aliphatic heterocycles. The van der Waals surface area contributed by atoms with Gasteiger partial charge in [0, 0.05) is 17.8 Å². The lowest BCUT2D eigenvalue weighted by atomic mass is 10.2. The topological polar surface area (TPSA) is 55.4 Å². The summed E-state index contributed by atoms with van der Waals surface area (Å²) >= 11 is 10.6. The van der Waals surface area contributed by atoms with Crippen molar-refractivity contribution in [1.29, 1.82) is 0 Å². The van der Waals surface area contributed by atoms with E-state index in [4.69, 9.17) is 27.9 Å². The van der Waals surface area contributed by atoms with Crippen LogP contribution >= 0.6 is 23.2 Å². The van der Waals surface area contributed by atoms with Crippen LogP contribution in [0, 0.1) is 0 Å². The van der Waals surface area contributed by atoms with E-state index in [1.54, 1.807) is 24.3 Å².